The maximum Gasteiger partial charge on any atom is 0.418 e. The van der Waals surface area contributed by atoms with Crippen LogP contribution in [-0.4, -0.2) is 27.7 Å². The van der Waals surface area contributed by atoms with Gasteiger partial charge in [-0.15, -0.1) is 0 Å². The van der Waals surface area contributed by atoms with Crippen molar-refractivity contribution in [3.05, 3.63) is 75.8 Å². The molecule has 0 aliphatic carbocycles. The number of nitrogens with zero attached hydrogens (tertiary/aromatic N) is 1. The van der Waals surface area contributed by atoms with E-state index in [1.165, 1.54) is 18.2 Å². The Kier molecular flexibility index (Phi) is 7.26. The molecule has 1 amide bonds. The van der Waals surface area contributed by atoms with E-state index in [9.17, 15) is 23.1 Å². The molecule has 0 saturated carbocycles. The van der Waals surface area contributed by atoms with Crippen molar-refractivity contribution < 1.29 is 28.2 Å². The molecule has 4 N–H and O–H groups in total. The first-order valence-electron chi connectivity index (χ1n) is 9.32. The van der Waals surface area contributed by atoms with Crippen molar-refractivity contribution in [2.24, 2.45) is 0 Å². The molecule has 1 aromatic heterocycles. The molecular weight excluding hydrogens is 431 g/mol. The van der Waals surface area contributed by atoms with Crippen LogP contribution in [0.1, 0.15) is 32.1 Å². The minimum atomic E-state index is -4.45. The van der Waals surface area contributed by atoms with E-state index in [4.69, 9.17) is 5.11 Å². The molecule has 0 unspecified atom stereocenters. The van der Waals surface area contributed by atoms with Gasteiger partial charge in [0.15, 0.2) is 5.13 Å². The van der Waals surface area contributed by atoms with Crippen LogP contribution in [0, 0.1) is 0 Å². The van der Waals surface area contributed by atoms with Crippen molar-refractivity contribution in [3.63, 3.8) is 0 Å². The van der Waals surface area contributed by atoms with Gasteiger partial charge in [-0.3, -0.25) is 10.1 Å². The smallest absolute Gasteiger partial charge is 0.396 e. The summed E-state index contributed by atoms with van der Waals surface area (Å²) in [5.74, 6) is -0.407. The quantitative estimate of drug-likeness (QED) is 0.415. The largest absolute Gasteiger partial charge is 0.418 e. The van der Waals surface area contributed by atoms with E-state index in [-0.39, 0.29) is 31.9 Å². The molecule has 1 heterocycles. The van der Waals surface area contributed by atoms with Crippen molar-refractivity contribution in [1.82, 2.24) is 4.98 Å². The number of nitrogens with one attached hydrogen (secondary N) is 2. The van der Waals surface area contributed by atoms with E-state index >= 15 is 0 Å². The van der Waals surface area contributed by atoms with E-state index in [1.807, 2.05) is 0 Å². The Balaban J connectivity index is 1.64. The predicted molar refractivity (Wildman–Crippen MR) is 112 cm³/mol. The van der Waals surface area contributed by atoms with Gasteiger partial charge in [0.25, 0.3) is 5.91 Å². The number of carbonyl (C=O) groups excluding carboxylic acids is 1. The summed E-state index contributed by atoms with van der Waals surface area (Å²) in [5.41, 5.74) is 0.835. The Morgan fingerprint density at radius 2 is 1.77 bits per heavy atom. The van der Waals surface area contributed by atoms with Crippen LogP contribution in [0.4, 0.5) is 24.0 Å². The van der Waals surface area contributed by atoms with Crippen LogP contribution < -0.4 is 10.6 Å². The summed E-state index contributed by atoms with van der Waals surface area (Å²) in [6.07, 6.45) is -4.17. The Morgan fingerprint density at radius 3 is 2.42 bits per heavy atom. The third kappa shape index (κ3) is 5.81. The van der Waals surface area contributed by atoms with Gasteiger partial charge in [-0.1, -0.05) is 35.6 Å². The molecule has 3 rings (SSSR count). The Morgan fingerprint density at radius 1 is 1.06 bits per heavy atom. The number of amides is 1. The second-order valence-electron chi connectivity index (χ2n) is 6.57. The summed E-state index contributed by atoms with van der Waals surface area (Å²) < 4.78 is 39.2. The molecule has 0 aliphatic heterocycles. The van der Waals surface area contributed by atoms with Crippen molar-refractivity contribution in [2.45, 2.75) is 25.7 Å². The summed E-state index contributed by atoms with van der Waals surface area (Å²) >= 11 is 1.13. The standard InChI is InChI=1S/C21H20F3N3O3S/c22-21(23,24)15-3-1-2-4-16(15)25-11-13-5-7-14(8-6-13)19(30)27-20-26-17(9-10-28)18(12-29)31-20/h1-8,25,28-29H,9-12H2,(H,26,27,30). The molecule has 6 nitrogen and oxygen atoms in total. The number of carbonyl (C=O) groups is 1. The van der Waals surface area contributed by atoms with Crippen molar-refractivity contribution in [3.8, 4) is 0 Å². The molecule has 164 valence electrons. The van der Waals surface area contributed by atoms with Crippen LogP contribution in [0.25, 0.3) is 0 Å². The lowest BCUT2D eigenvalue weighted by Crippen LogP contribution is -2.12. The Labute approximate surface area is 180 Å². The highest BCUT2D eigenvalue weighted by Gasteiger charge is 2.33. The summed E-state index contributed by atoms with van der Waals surface area (Å²) in [6.45, 7) is -0.194. The average Bonchev–Trinajstić information content (AvgIpc) is 3.13. The first-order chi connectivity index (χ1) is 14.8. The predicted octanol–water partition coefficient (Wildman–Crippen LogP) is 4.05. The maximum absolute atomic E-state index is 13.1. The molecule has 3 aromatic rings. The third-order valence-corrected chi connectivity index (χ3v) is 5.42. The van der Waals surface area contributed by atoms with Gasteiger partial charge in [-0.25, -0.2) is 4.98 Å². The van der Waals surface area contributed by atoms with E-state index in [0.717, 1.165) is 17.4 Å². The Hall–Kier alpha value is -2.95. The lowest BCUT2D eigenvalue weighted by atomic mass is 10.1. The summed E-state index contributed by atoms with van der Waals surface area (Å²) in [4.78, 5) is 17.2. The van der Waals surface area contributed by atoms with Gasteiger partial charge >= 0.3 is 6.18 Å². The SMILES string of the molecule is O=C(Nc1nc(CCO)c(CO)s1)c1ccc(CNc2ccccc2C(F)(F)F)cc1. The molecule has 2 aromatic carbocycles. The van der Waals surface area contributed by atoms with E-state index < -0.39 is 17.6 Å². The molecule has 31 heavy (non-hydrogen) atoms. The molecule has 0 aliphatic rings. The first kappa shape index (κ1) is 22.7. The second-order valence-corrected chi connectivity index (χ2v) is 7.65. The van der Waals surface area contributed by atoms with Crippen LogP contribution >= 0.6 is 11.3 Å². The molecule has 0 bridgehead atoms. The number of benzene rings is 2. The topological polar surface area (TPSA) is 94.5 Å². The molecule has 0 saturated heterocycles. The monoisotopic (exact) mass is 451 g/mol. The van der Waals surface area contributed by atoms with E-state index in [1.54, 1.807) is 24.3 Å². The fourth-order valence-corrected chi connectivity index (χ4v) is 3.75. The number of aliphatic hydroxyl groups is 2. The number of anilines is 2. The zero-order valence-corrected chi connectivity index (χ0v) is 17.1. The zero-order valence-electron chi connectivity index (χ0n) is 16.2. The summed E-state index contributed by atoms with van der Waals surface area (Å²) in [6, 6.07) is 11.7. The fourth-order valence-electron chi connectivity index (χ4n) is 2.89. The molecule has 0 fully saturated rings. The van der Waals surface area contributed by atoms with Gasteiger partial charge in [0.05, 0.1) is 22.7 Å². The number of para-hydroxylation sites is 1. The lowest BCUT2D eigenvalue weighted by molar-refractivity contribution is -0.137. The van der Waals surface area contributed by atoms with Crippen molar-refractivity contribution in [2.75, 3.05) is 17.2 Å². The average molecular weight is 451 g/mol. The van der Waals surface area contributed by atoms with Crippen molar-refractivity contribution >= 4 is 28.1 Å². The van der Waals surface area contributed by atoms with Gasteiger partial charge in [0.1, 0.15) is 0 Å². The molecular formula is C21H20F3N3O3S. The summed E-state index contributed by atoms with van der Waals surface area (Å²) in [7, 11) is 0. The van der Waals surface area contributed by atoms with E-state index in [0.29, 0.717) is 26.8 Å². The van der Waals surface area contributed by atoms with Gasteiger partial charge in [-0.2, -0.15) is 13.2 Å². The number of alkyl halides is 3. The van der Waals surface area contributed by atoms with Crippen molar-refractivity contribution in [1.29, 1.82) is 0 Å². The van der Waals surface area contributed by atoms with Crippen LogP contribution in [0.2, 0.25) is 0 Å². The number of aromatic nitrogens is 1. The minimum Gasteiger partial charge on any atom is -0.396 e. The Bertz CT molecular complexity index is 1040. The number of aliphatic hydroxyl groups excluding tert-OH is 2. The maximum atomic E-state index is 13.1. The number of hydrogen-bond acceptors (Lipinski definition) is 6. The fraction of sp³-hybridized carbons (Fsp3) is 0.238. The number of hydrogen-bond donors (Lipinski definition) is 4. The highest BCUT2D eigenvalue weighted by atomic mass is 32.1. The van der Waals surface area contributed by atoms with Gasteiger partial charge in [0.2, 0.25) is 0 Å². The van der Waals surface area contributed by atoms with Crippen LogP contribution in [0.5, 0.6) is 0 Å². The minimum absolute atomic E-state index is 0.0149. The normalized spacial score (nSPS) is 11.4. The zero-order chi connectivity index (χ0) is 22.4. The van der Waals surface area contributed by atoms with Gasteiger partial charge < -0.3 is 15.5 Å². The van der Waals surface area contributed by atoms with Crippen LogP contribution in [0.3, 0.4) is 0 Å². The third-order valence-electron chi connectivity index (χ3n) is 4.42. The number of rotatable bonds is 8. The first-order valence-corrected chi connectivity index (χ1v) is 10.1. The molecule has 0 radical (unpaired) electrons. The molecule has 0 spiro atoms. The highest BCUT2D eigenvalue weighted by Crippen LogP contribution is 2.34. The number of thiazole rings is 1. The summed E-state index contributed by atoms with van der Waals surface area (Å²) in [5, 5.41) is 24.1. The highest BCUT2D eigenvalue weighted by molar-refractivity contribution is 7.15. The lowest BCUT2D eigenvalue weighted by Gasteiger charge is -2.14. The molecule has 0 atom stereocenters. The van der Waals surface area contributed by atoms with Crippen LogP contribution in [-0.2, 0) is 25.7 Å². The van der Waals surface area contributed by atoms with Crippen LogP contribution in [0.15, 0.2) is 48.5 Å². The van der Waals surface area contributed by atoms with E-state index in [2.05, 4.69) is 15.6 Å². The number of halogens is 3. The second kappa shape index (κ2) is 9.90. The van der Waals surface area contributed by atoms with Gasteiger partial charge in [0, 0.05) is 30.8 Å². The van der Waals surface area contributed by atoms with Gasteiger partial charge in [-0.05, 0) is 29.8 Å². The molecule has 10 heteroatoms.